The number of thioether (sulfide) groups is 1. The molecular weight excluding hydrogens is 526 g/mol. The van der Waals surface area contributed by atoms with E-state index in [1.807, 2.05) is 58.0 Å². The summed E-state index contributed by atoms with van der Waals surface area (Å²) in [7, 11) is 0. The number of carbonyl (C=O) groups excluding carboxylic acids is 3. The van der Waals surface area contributed by atoms with Crippen LogP contribution in [0.3, 0.4) is 0 Å². The summed E-state index contributed by atoms with van der Waals surface area (Å²) in [6.45, 7) is 9.96. The highest BCUT2D eigenvalue weighted by atomic mass is 32.2. The first kappa shape index (κ1) is 28.5. The van der Waals surface area contributed by atoms with Gasteiger partial charge in [-0.2, -0.15) is 0 Å². The summed E-state index contributed by atoms with van der Waals surface area (Å²) in [5.41, 5.74) is 0.868. The zero-order valence-corrected chi connectivity index (χ0v) is 24.5. The number of nitrogens with zero attached hydrogens (tertiary/aromatic N) is 1. The molecule has 3 amide bonds. The molecule has 40 heavy (non-hydrogen) atoms. The number of nitrogens with one attached hydrogen (secondary N) is 2. The quantitative estimate of drug-likeness (QED) is 0.447. The van der Waals surface area contributed by atoms with Crippen molar-refractivity contribution in [1.29, 1.82) is 0 Å². The Bertz CT molecular complexity index is 1260. The van der Waals surface area contributed by atoms with Crippen LogP contribution in [-0.4, -0.2) is 62.5 Å². The number of likely N-dealkylation sites (tertiary alicyclic amines) is 1. The second-order valence-electron chi connectivity index (χ2n) is 12.1. The van der Waals surface area contributed by atoms with Gasteiger partial charge in [-0.1, -0.05) is 37.3 Å². The van der Waals surface area contributed by atoms with E-state index in [9.17, 15) is 19.5 Å². The van der Waals surface area contributed by atoms with Crippen molar-refractivity contribution >= 4 is 35.2 Å². The fraction of sp³-hybridized carbons (Fsp3) is 0.516. The maximum atomic E-state index is 14.5. The number of amides is 3. The van der Waals surface area contributed by atoms with Crippen molar-refractivity contribution in [3.05, 3.63) is 60.2 Å². The molecule has 0 radical (unpaired) electrons. The molecule has 0 saturated carbocycles. The van der Waals surface area contributed by atoms with Gasteiger partial charge in [0.15, 0.2) is 0 Å². The van der Waals surface area contributed by atoms with Crippen LogP contribution in [0, 0.1) is 17.8 Å². The van der Waals surface area contributed by atoms with Crippen molar-refractivity contribution in [1.82, 2.24) is 10.2 Å². The van der Waals surface area contributed by atoms with E-state index in [1.54, 1.807) is 40.9 Å². The molecule has 2 bridgehead atoms. The Morgan fingerprint density at radius 3 is 2.40 bits per heavy atom. The monoisotopic (exact) mass is 565 g/mol. The number of aliphatic hydroxyl groups excluding tert-OH is 1. The average molecular weight is 566 g/mol. The number of rotatable bonds is 8. The van der Waals surface area contributed by atoms with Crippen LogP contribution < -0.4 is 15.4 Å². The molecule has 3 unspecified atom stereocenters. The lowest BCUT2D eigenvalue weighted by atomic mass is 9.65. The highest BCUT2D eigenvalue weighted by Crippen LogP contribution is 2.69. The van der Waals surface area contributed by atoms with E-state index in [2.05, 4.69) is 17.6 Å². The normalized spacial score (nSPS) is 29.7. The van der Waals surface area contributed by atoms with E-state index in [1.165, 1.54) is 0 Å². The van der Waals surface area contributed by atoms with Crippen LogP contribution in [0.25, 0.3) is 0 Å². The summed E-state index contributed by atoms with van der Waals surface area (Å²) in [5, 5.41) is 16.7. The molecule has 9 heteroatoms. The number of carbonyl (C=O) groups is 3. The lowest BCUT2D eigenvalue weighted by Gasteiger charge is -2.41. The topological polar surface area (TPSA) is 108 Å². The number of hydrogen-bond donors (Lipinski definition) is 3. The summed E-state index contributed by atoms with van der Waals surface area (Å²) in [4.78, 5) is 44.0. The molecule has 3 heterocycles. The van der Waals surface area contributed by atoms with E-state index in [0.29, 0.717) is 18.0 Å². The van der Waals surface area contributed by atoms with Gasteiger partial charge in [0.05, 0.1) is 35.8 Å². The van der Waals surface area contributed by atoms with Gasteiger partial charge in [-0.05, 0) is 69.9 Å². The van der Waals surface area contributed by atoms with Crippen LogP contribution in [0.15, 0.2) is 54.6 Å². The van der Waals surface area contributed by atoms with E-state index in [0.717, 1.165) is 12.0 Å². The summed E-state index contributed by atoms with van der Waals surface area (Å²) >= 11 is 1.62. The first-order valence-electron chi connectivity index (χ1n) is 14.0. The third-order valence-corrected chi connectivity index (χ3v) is 10.4. The van der Waals surface area contributed by atoms with Gasteiger partial charge >= 0.3 is 0 Å². The molecule has 3 aliphatic heterocycles. The van der Waals surface area contributed by atoms with E-state index >= 15 is 0 Å². The molecule has 0 aliphatic carbocycles. The standard InChI is InChI=1S/C31H39N3O5S/c1-6-39-21-14-12-20(13-15-21)32-27(36)24-23-16-18(2)31(40-23)25(24)29(38)34(26(31)28(37)33-30(3,4)5)22(17-35)19-10-8-7-9-11-19/h7-15,18,22-26,35H,6,16-17H2,1-5H3,(H,32,36)(H,33,37)/t18?,22-,23-,24+,25+,26?,31?/m1/s1. The second-order valence-corrected chi connectivity index (χ2v) is 13.6. The summed E-state index contributed by atoms with van der Waals surface area (Å²) in [5.74, 6) is -1.23. The number of hydrogen-bond acceptors (Lipinski definition) is 6. The van der Waals surface area contributed by atoms with Gasteiger partial charge in [-0.25, -0.2) is 0 Å². The Hall–Kier alpha value is -3.04. The fourth-order valence-corrected chi connectivity index (χ4v) is 9.30. The zero-order valence-electron chi connectivity index (χ0n) is 23.7. The molecule has 3 aliphatic rings. The second kappa shape index (κ2) is 10.7. The van der Waals surface area contributed by atoms with Crippen LogP contribution in [0.4, 0.5) is 5.69 Å². The Morgan fingerprint density at radius 2 is 1.80 bits per heavy atom. The van der Waals surface area contributed by atoms with Crippen molar-refractivity contribution in [2.75, 3.05) is 18.5 Å². The molecule has 3 N–H and O–H groups in total. The van der Waals surface area contributed by atoms with Crippen LogP contribution in [-0.2, 0) is 14.4 Å². The maximum Gasteiger partial charge on any atom is 0.244 e. The molecule has 7 atom stereocenters. The van der Waals surface area contributed by atoms with Crippen LogP contribution >= 0.6 is 11.8 Å². The molecule has 3 fully saturated rings. The Labute approximate surface area is 240 Å². The first-order valence-corrected chi connectivity index (χ1v) is 14.9. The predicted molar refractivity (Wildman–Crippen MR) is 156 cm³/mol. The minimum absolute atomic E-state index is 0.0295. The third-order valence-electron chi connectivity index (χ3n) is 8.36. The highest BCUT2D eigenvalue weighted by Gasteiger charge is 2.76. The summed E-state index contributed by atoms with van der Waals surface area (Å²) in [6, 6.07) is 15.0. The minimum atomic E-state index is -0.824. The Balaban J connectivity index is 1.53. The zero-order chi connectivity index (χ0) is 28.8. The molecule has 2 aromatic rings. The van der Waals surface area contributed by atoms with Crippen molar-refractivity contribution in [2.24, 2.45) is 17.8 Å². The number of anilines is 1. The van der Waals surface area contributed by atoms with Crippen molar-refractivity contribution < 1.29 is 24.2 Å². The van der Waals surface area contributed by atoms with Gasteiger partial charge in [0, 0.05) is 16.5 Å². The number of benzene rings is 2. The van der Waals surface area contributed by atoms with Gasteiger partial charge in [-0.3, -0.25) is 14.4 Å². The molecule has 5 rings (SSSR count). The predicted octanol–water partition coefficient (Wildman–Crippen LogP) is 4.01. The minimum Gasteiger partial charge on any atom is -0.494 e. The molecule has 0 aromatic heterocycles. The number of fused-ring (bicyclic) bond motifs is 1. The lowest BCUT2D eigenvalue weighted by molar-refractivity contribution is -0.142. The third kappa shape index (κ3) is 4.77. The van der Waals surface area contributed by atoms with Crippen LogP contribution in [0.1, 0.15) is 52.6 Å². The molecular formula is C31H39N3O5S. The summed E-state index contributed by atoms with van der Waals surface area (Å²) < 4.78 is 4.74. The van der Waals surface area contributed by atoms with Crippen molar-refractivity contribution in [2.45, 2.75) is 68.7 Å². The van der Waals surface area contributed by atoms with Gasteiger partial charge in [0.25, 0.3) is 0 Å². The van der Waals surface area contributed by atoms with Crippen molar-refractivity contribution in [3.63, 3.8) is 0 Å². The molecule has 214 valence electrons. The number of ether oxygens (including phenoxy) is 1. The SMILES string of the molecule is CCOc1ccc(NC(=O)[C@@H]2[C@H]3C(=O)N([C@H](CO)c4ccccc4)C(C(=O)NC(C)(C)C)C34S[C@@H]2CC4C)cc1. The molecule has 2 aromatic carbocycles. The summed E-state index contributed by atoms with van der Waals surface area (Å²) in [6.07, 6.45) is 0.734. The van der Waals surface area contributed by atoms with Gasteiger partial charge in [-0.15, -0.1) is 11.8 Å². The first-order chi connectivity index (χ1) is 19.0. The smallest absolute Gasteiger partial charge is 0.244 e. The fourth-order valence-electron chi connectivity index (χ4n) is 6.89. The van der Waals surface area contributed by atoms with E-state index < -0.39 is 34.2 Å². The van der Waals surface area contributed by atoms with Crippen molar-refractivity contribution in [3.8, 4) is 5.75 Å². The molecule has 3 saturated heterocycles. The highest BCUT2D eigenvalue weighted by molar-refractivity contribution is 8.02. The molecule has 8 nitrogen and oxygen atoms in total. The maximum absolute atomic E-state index is 14.5. The number of aliphatic hydroxyl groups is 1. The van der Waals surface area contributed by atoms with Crippen LogP contribution in [0.5, 0.6) is 5.75 Å². The van der Waals surface area contributed by atoms with Gasteiger partial charge < -0.3 is 25.4 Å². The van der Waals surface area contributed by atoms with E-state index in [4.69, 9.17) is 4.74 Å². The average Bonchev–Trinajstić information content (AvgIpc) is 3.49. The largest absolute Gasteiger partial charge is 0.494 e. The van der Waals surface area contributed by atoms with Crippen LogP contribution in [0.2, 0.25) is 0 Å². The molecule has 1 spiro atoms. The van der Waals surface area contributed by atoms with E-state index in [-0.39, 0.29) is 35.5 Å². The van der Waals surface area contributed by atoms with Gasteiger partial charge in [0.1, 0.15) is 11.8 Å². The lowest BCUT2D eigenvalue weighted by Crippen LogP contribution is -2.59. The van der Waals surface area contributed by atoms with Gasteiger partial charge in [0.2, 0.25) is 17.7 Å². The Kier molecular flexibility index (Phi) is 7.65. The Morgan fingerprint density at radius 1 is 1.12 bits per heavy atom.